The van der Waals surface area contributed by atoms with Gasteiger partial charge in [-0.25, -0.2) is 4.79 Å². The molecule has 6 heteroatoms. The predicted molar refractivity (Wildman–Crippen MR) is 69.5 cm³/mol. The van der Waals surface area contributed by atoms with E-state index in [-0.39, 0.29) is 6.61 Å². The summed E-state index contributed by atoms with van der Waals surface area (Å²) < 4.78 is 16.0. The lowest BCUT2D eigenvalue weighted by Crippen LogP contribution is -2.30. The highest BCUT2D eigenvalue weighted by atomic mass is 16.6. The molecular weight excluding hydrogens is 248 g/mol. The van der Waals surface area contributed by atoms with Crippen LogP contribution in [0.3, 0.4) is 0 Å². The molecule has 1 aromatic rings. The molecule has 6 nitrogen and oxygen atoms in total. The van der Waals surface area contributed by atoms with Crippen molar-refractivity contribution in [2.24, 2.45) is 0 Å². The molecule has 0 aromatic heterocycles. The molecule has 1 heterocycles. The van der Waals surface area contributed by atoms with Gasteiger partial charge < -0.3 is 24.8 Å². The van der Waals surface area contributed by atoms with Gasteiger partial charge in [-0.3, -0.25) is 0 Å². The van der Waals surface area contributed by atoms with E-state index >= 15 is 0 Å². The van der Waals surface area contributed by atoms with Crippen LogP contribution in [0, 0.1) is 0 Å². The summed E-state index contributed by atoms with van der Waals surface area (Å²) in [4.78, 5) is 11.4. The first-order valence-corrected chi connectivity index (χ1v) is 6.23. The number of likely N-dealkylation sites (N-methyl/N-ethyl adjacent to an activating group) is 1. The summed E-state index contributed by atoms with van der Waals surface area (Å²) in [5, 5.41) is 5.57. The van der Waals surface area contributed by atoms with Crippen molar-refractivity contribution >= 4 is 6.09 Å². The third-order valence-corrected chi connectivity index (χ3v) is 2.62. The number of amides is 1. The zero-order valence-electron chi connectivity index (χ0n) is 10.9. The Labute approximate surface area is 112 Å². The van der Waals surface area contributed by atoms with Crippen LogP contribution in [0.1, 0.15) is 5.56 Å². The molecule has 0 saturated heterocycles. The fourth-order valence-electron chi connectivity index (χ4n) is 1.67. The van der Waals surface area contributed by atoms with Crippen molar-refractivity contribution in [3.05, 3.63) is 23.8 Å². The lowest BCUT2D eigenvalue weighted by molar-refractivity contribution is 0.139. The van der Waals surface area contributed by atoms with E-state index in [4.69, 9.17) is 14.2 Å². The van der Waals surface area contributed by atoms with E-state index in [1.807, 2.05) is 25.2 Å². The van der Waals surface area contributed by atoms with Gasteiger partial charge in [-0.2, -0.15) is 0 Å². The van der Waals surface area contributed by atoms with Gasteiger partial charge in [0.05, 0.1) is 0 Å². The Bertz CT molecular complexity index is 437. The van der Waals surface area contributed by atoms with Gasteiger partial charge in [0.2, 0.25) is 0 Å². The van der Waals surface area contributed by atoms with Crippen LogP contribution in [0.2, 0.25) is 0 Å². The van der Waals surface area contributed by atoms with Crippen molar-refractivity contribution in [1.29, 1.82) is 0 Å². The molecule has 0 fully saturated rings. The second-order valence-corrected chi connectivity index (χ2v) is 4.08. The maximum atomic E-state index is 11.4. The van der Waals surface area contributed by atoms with Crippen molar-refractivity contribution in [2.45, 2.75) is 6.61 Å². The zero-order chi connectivity index (χ0) is 13.5. The van der Waals surface area contributed by atoms with E-state index in [2.05, 4.69) is 10.6 Å². The Kier molecular flexibility index (Phi) is 4.85. The Balaban J connectivity index is 1.81. The minimum Gasteiger partial charge on any atom is -0.486 e. The van der Waals surface area contributed by atoms with Crippen LogP contribution in [0.5, 0.6) is 11.5 Å². The number of nitrogens with one attached hydrogen (secondary N) is 2. The van der Waals surface area contributed by atoms with E-state index in [1.165, 1.54) is 0 Å². The zero-order valence-corrected chi connectivity index (χ0v) is 10.9. The lowest BCUT2D eigenvalue weighted by Gasteiger charge is -2.18. The Hall–Kier alpha value is -1.95. The van der Waals surface area contributed by atoms with E-state index in [1.54, 1.807) is 0 Å². The summed E-state index contributed by atoms with van der Waals surface area (Å²) in [6, 6.07) is 5.51. The lowest BCUT2D eigenvalue weighted by atomic mass is 10.2. The number of fused-ring (bicyclic) bond motifs is 1. The van der Waals surface area contributed by atoms with Gasteiger partial charge in [0.15, 0.2) is 11.5 Å². The molecule has 0 bridgehead atoms. The largest absolute Gasteiger partial charge is 0.486 e. The van der Waals surface area contributed by atoms with Crippen molar-refractivity contribution in [3.8, 4) is 11.5 Å². The molecule has 0 atom stereocenters. The van der Waals surface area contributed by atoms with Crippen LogP contribution >= 0.6 is 0 Å². The topological polar surface area (TPSA) is 68.8 Å². The summed E-state index contributed by atoms with van der Waals surface area (Å²) in [7, 11) is 1.82. The van der Waals surface area contributed by atoms with Gasteiger partial charge in [0.1, 0.15) is 19.8 Å². The van der Waals surface area contributed by atoms with Crippen LogP contribution in [-0.2, 0) is 11.3 Å². The second-order valence-electron chi connectivity index (χ2n) is 4.08. The first-order chi connectivity index (χ1) is 9.29. The van der Waals surface area contributed by atoms with E-state index < -0.39 is 6.09 Å². The maximum absolute atomic E-state index is 11.4. The standard InChI is InChI=1S/C13H18N2O4/c1-14-4-5-15-13(16)19-9-10-2-3-11-12(8-10)18-7-6-17-11/h2-3,8,14H,4-7,9H2,1H3,(H,15,16). The molecule has 1 aliphatic rings. The maximum Gasteiger partial charge on any atom is 0.407 e. The highest BCUT2D eigenvalue weighted by Gasteiger charge is 2.12. The highest BCUT2D eigenvalue weighted by Crippen LogP contribution is 2.30. The summed E-state index contributed by atoms with van der Waals surface area (Å²) in [6.07, 6.45) is -0.426. The SMILES string of the molecule is CNCCNC(=O)OCc1ccc2c(c1)OCCO2. The fourth-order valence-corrected chi connectivity index (χ4v) is 1.67. The number of hydrogen-bond donors (Lipinski definition) is 2. The van der Waals surface area contributed by atoms with E-state index in [0.717, 1.165) is 11.3 Å². The summed E-state index contributed by atoms with van der Waals surface area (Å²) >= 11 is 0. The van der Waals surface area contributed by atoms with E-state index in [9.17, 15) is 4.79 Å². The van der Waals surface area contributed by atoms with Crippen molar-refractivity contribution in [3.63, 3.8) is 0 Å². The van der Waals surface area contributed by atoms with Gasteiger partial charge in [-0.1, -0.05) is 6.07 Å². The summed E-state index contributed by atoms with van der Waals surface area (Å²) in [5.41, 5.74) is 0.869. The van der Waals surface area contributed by atoms with Crippen LogP contribution < -0.4 is 20.1 Å². The molecule has 0 aliphatic carbocycles. The molecule has 1 aromatic carbocycles. The molecule has 2 N–H and O–H groups in total. The van der Waals surface area contributed by atoms with Crippen LogP contribution in [0.15, 0.2) is 18.2 Å². The highest BCUT2D eigenvalue weighted by molar-refractivity contribution is 5.67. The summed E-state index contributed by atoms with van der Waals surface area (Å²) in [5.74, 6) is 1.43. The monoisotopic (exact) mass is 266 g/mol. The number of alkyl carbamates (subject to hydrolysis) is 1. The number of carbonyl (C=O) groups excluding carboxylic acids is 1. The van der Waals surface area contributed by atoms with Crippen LogP contribution in [-0.4, -0.2) is 39.4 Å². The second kappa shape index (κ2) is 6.84. The van der Waals surface area contributed by atoms with E-state index in [0.29, 0.717) is 32.1 Å². The van der Waals surface area contributed by atoms with Gasteiger partial charge >= 0.3 is 6.09 Å². The molecular formula is C13H18N2O4. The smallest absolute Gasteiger partial charge is 0.407 e. The van der Waals surface area contributed by atoms with Gasteiger partial charge in [-0.05, 0) is 24.7 Å². The number of hydrogen-bond acceptors (Lipinski definition) is 5. The number of carbonyl (C=O) groups is 1. The average Bonchev–Trinajstić information content (AvgIpc) is 2.45. The fraction of sp³-hybridized carbons (Fsp3) is 0.462. The molecule has 0 spiro atoms. The molecule has 19 heavy (non-hydrogen) atoms. The molecule has 2 rings (SSSR count). The molecule has 1 aliphatic heterocycles. The van der Waals surface area contributed by atoms with Gasteiger partial charge in [0, 0.05) is 13.1 Å². The van der Waals surface area contributed by atoms with Gasteiger partial charge in [0.25, 0.3) is 0 Å². The molecule has 0 radical (unpaired) electrons. The quantitative estimate of drug-likeness (QED) is 0.775. The number of rotatable bonds is 5. The first-order valence-electron chi connectivity index (χ1n) is 6.23. The molecule has 0 unspecified atom stereocenters. The normalized spacial score (nSPS) is 12.9. The van der Waals surface area contributed by atoms with Crippen LogP contribution in [0.25, 0.3) is 0 Å². The minimum atomic E-state index is -0.426. The molecule has 1 amide bonds. The minimum absolute atomic E-state index is 0.210. The molecule has 0 saturated carbocycles. The Morgan fingerprint density at radius 1 is 1.26 bits per heavy atom. The van der Waals surface area contributed by atoms with Gasteiger partial charge in [-0.15, -0.1) is 0 Å². The van der Waals surface area contributed by atoms with Crippen molar-refractivity contribution < 1.29 is 19.0 Å². The molecule has 104 valence electrons. The number of ether oxygens (including phenoxy) is 3. The average molecular weight is 266 g/mol. The number of benzene rings is 1. The third-order valence-electron chi connectivity index (χ3n) is 2.62. The van der Waals surface area contributed by atoms with Crippen molar-refractivity contribution in [2.75, 3.05) is 33.4 Å². The summed E-state index contributed by atoms with van der Waals surface area (Å²) in [6.45, 7) is 2.57. The van der Waals surface area contributed by atoms with Crippen molar-refractivity contribution in [1.82, 2.24) is 10.6 Å². The first kappa shape index (κ1) is 13.5. The van der Waals surface area contributed by atoms with Crippen LogP contribution in [0.4, 0.5) is 4.79 Å². The Morgan fingerprint density at radius 3 is 2.84 bits per heavy atom. The Morgan fingerprint density at radius 2 is 2.05 bits per heavy atom. The predicted octanol–water partition coefficient (Wildman–Crippen LogP) is 0.903. The third kappa shape index (κ3) is 4.03.